The van der Waals surface area contributed by atoms with Crippen LogP contribution in [0.1, 0.15) is 12.8 Å². The maximum atomic E-state index is 11.9. The van der Waals surface area contributed by atoms with Crippen molar-refractivity contribution in [2.75, 3.05) is 19.4 Å². The number of tetrazole rings is 1. The Morgan fingerprint density at radius 2 is 2.25 bits per heavy atom. The van der Waals surface area contributed by atoms with Crippen LogP contribution in [-0.2, 0) is 25.7 Å². The highest BCUT2D eigenvalue weighted by atomic mass is 32.2. The topological polar surface area (TPSA) is 107 Å². The van der Waals surface area contributed by atoms with Crippen LogP contribution < -0.4 is 0 Å². The van der Waals surface area contributed by atoms with Crippen molar-refractivity contribution in [3.8, 4) is 0 Å². The van der Waals surface area contributed by atoms with Gasteiger partial charge in [-0.25, -0.2) is 4.68 Å². The van der Waals surface area contributed by atoms with Crippen LogP contribution in [0.3, 0.4) is 0 Å². The number of thioether (sulfide) groups is 1. The van der Waals surface area contributed by atoms with Gasteiger partial charge in [0.05, 0.1) is 12.9 Å². The molecule has 0 spiro atoms. The van der Waals surface area contributed by atoms with Crippen LogP contribution in [0.25, 0.3) is 0 Å². The molecule has 0 bridgehead atoms. The molecule has 0 saturated carbocycles. The summed E-state index contributed by atoms with van der Waals surface area (Å²) in [7, 11) is 1.27. The van der Waals surface area contributed by atoms with Gasteiger partial charge >= 0.3 is 5.97 Å². The molecule has 0 radical (unpaired) electrons. The molecule has 0 aromatic carbocycles. The molecular weight excluding hydrogens is 286 g/mol. The van der Waals surface area contributed by atoms with Crippen LogP contribution in [0.2, 0.25) is 0 Å². The number of methoxy groups -OCH3 is 1. The van der Waals surface area contributed by atoms with E-state index in [2.05, 4.69) is 20.3 Å². The largest absolute Gasteiger partial charge is 0.468 e. The number of nitrogens with zero attached hydrogens (tertiary/aromatic N) is 5. The average Bonchev–Trinajstić information content (AvgIpc) is 3.05. The van der Waals surface area contributed by atoms with Crippen LogP contribution in [0.5, 0.6) is 0 Å². The zero-order valence-electron chi connectivity index (χ0n) is 10.8. The fraction of sp³-hybridized carbons (Fsp3) is 0.600. The molecule has 1 aliphatic heterocycles. The fourth-order valence-corrected chi connectivity index (χ4v) is 2.45. The van der Waals surface area contributed by atoms with Crippen molar-refractivity contribution in [3.05, 3.63) is 0 Å². The number of rotatable bonds is 5. The van der Waals surface area contributed by atoms with E-state index in [0.717, 1.165) is 11.8 Å². The molecule has 10 heteroatoms. The average molecular weight is 299 g/mol. The number of aromatic nitrogens is 4. The van der Waals surface area contributed by atoms with Crippen molar-refractivity contribution in [1.29, 1.82) is 0 Å². The highest BCUT2D eigenvalue weighted by Gasteiger charge is 2.26. The Balaban J connectivity index is 1.91. The Morgan fingerprint density at radius 3 is 2.90 bits per heavy atom. The molecule has 0 N–H and O–H groups in total. The summed E-state index contributed by atoms with van der Waals surface area (Å²) in [6.07, 6.45) is 1.12. The van der Waals surface area contributed by atoms with E-state index in [1.54, 1.807) is 0 Å². The number of imide groups is 1. The van der Waals surface area contributed by atoms with Crippen molar-refractivity contribution in [2.45, 2.75) is 24.5 Å². The summed E-state index contributed by atoms with van der Waals surface area (Å²) in [5.41, 5.74) is 0. The second kappa shape index (κ2) is 6.46. The molecule has 20 heavy (non-hydrogen) atoms. The monoisotopic (exact) mass is 299 g/mol. The van der Waals surface area contributed by atoms with E-state index in [4.69, 9.17) is 0 Å². The highest BCUT2D eigenvalue weighted by molar-refractivity contribution is 7.99. The standard InChI is InChI=1S/C10H13N5O4S/c1-19-9(18)5-15-10(11-12-13-15)20-6-8(17)14-4-2-3-7(14)16/h2-6H2,1H3. The van der Waals surface area contributed by atoms with Gasteiger partial charge < -0.3 is 4.74 Å². The van der Waals surface area contributed by atoms with Crippen molar-refractivity contribution < 1.29 is 19.1 Å². The van der Waals surface area contributed by atoms with E-state index in [-0.39, 0.29) is 24.1 Å². The highest BCUT2D eigenvalue weighted by Crippen LogP contribution is 2.17. The summed E-state index contributed by atoms with van der Waals surface area (Å²) in [5, 5.41) is 11.1. The molecule has 2 amide bonds. The number of carbonyl (C=O) groups is 3. The van der Waals surface area contributed by atoms with Crippen molar-refractivity contribution in [2.24, 2.45) is 0 Å². The minimum Gasteiger partial charge on any atom is -0.468 e. The first-order valence-electron chi connectivity index (χ1n) is 5.91. The first-order chi connectivity index (χ1) is 9.61. The molecular formula is C10H13N5O4S. The molecule has 108 valence electrons. The summed E-state index contributed by atoms with van der Waals surface area (Å²) in [6.45, 7) is 0.341. The Labute approximate surface area is 118 Å². The third-order valence-electron chi connectivity index (χ3n) is 2.70. The smallest absolute Gasteiger partial charge is 0.327 e. The van der Waals surface area contributed by atoms with E-state index in [1.165, 1.54) is 16.7 Å². The molecule has 1 aromatic rings. The molecule has 1 aromatic heterocycles. The van der Waals surface area contributed by atoms with Gasteiger partial charge in [-0.15, -0.1) is 5.10 Å². The minimum absolute atomic E-state index is 0.0489. The molecule has 0 aliphatic carbocycles. The van der Waals surface area contributed by atoms with E-state index in [1.807, 2.05) is 0 Å². The second-order valence-electron chi connectivity index (χ2n) is 4.03. The lowest BCUT2D eigenvalue weighted by Gasteiger charge is -2.12. The van der Waals surface area contributed by atoms with Crippen LogP contribution in [0.15, 0.2) is 5.16 Å². The third kappa shape index (κ3) is 3.32. The molecule has 2 rings (SSSR count). The lowest BCUT2D eigenvalue weighted by Crippen LogP contribution is -2.33. The van der Waals surface area contributed by atoms with Crippen molar-refractivity contribution >= 4 is 29.5 Å². The van der Waals surface area contributed by atoms with Gasteiger partial charge in [-0.1, -0.05) is 11.8 Å². The lowest BCUT2D eigenvalue weighted by molar-refractivity contribution is -0.142. The van der Waals surface area contributed by atoms with Gasteiger partial charge in [0.15, 0.2) is 0 Å². The van der Waals surface area contributed by atoms with Gasteiger partial charge in [0.1, 0.15) is 6.54 Å². The first kappa shape index (κ1) is 14.4. The normalized spacial score (nSPS) is 14.7. The predicted octanol–water partition coefficient (Wildman–Crippen LogP) is -0.913. The van der Waals surface area contributed by atoms with Gasteiger partial charge in [-0.05, 0) is 16.8 Å². The van der Waals surface area contributed by atoms with Crippen LogP contribution in [-0.4, -0.2) is 62.3 Å². The SMILES string of the molecule is COC(=O)Cn1nnnc1SCC(=O)N1CCCC1=O. The zero-order valence-corrected chi connectivity index (χ0v) is 11.6. The quantitative estimate of drug-likeness (QED) is 0.508. The molecule has 0 unspecified atom stereocenters. The summed E-state index contributed by atoms with van der Waals surface area (Å²) >= 11 is 1.08. The van der Waals surface area contributed by atoms with Crippen molar-refractivity contribution in [3.63, 3.8) is 0 Å². The number of amides is 2. The van der Waals surface area contributed by atoms with Gasteiger partial charge in [-0.2, -0.15) is 0 Å². The number of hydrogen-bond acceptors (Lipinski definition) is 8. The Bertz CT molecular complexity index is 531. The fourth-order valence-electron chi connectivity index (χ4n) is 1.70. The lowest BCUT2D eigenvalue weighted by atomic mass is 10.4. The van der Waals surface area contributed by atoms with Crippen LogP contribution in [0, 0.1) is 0 Å². The molecule has 9 nitrogen and oxygen atoms in total. The number of carbonyl (C=O) groups excluding carboxylic acids is 3. The Hall–Kier alpha value is -1.97. The second-order valence-corrected chi connectivity index (χ2v) is 4.97. The Morgan fingerprint density at radius 1 is 1.45 bits per heavy atom. The minimum atomic E-state index is -0.486. The third-order valence-corrected chi connectivity index (χ3v) is 3.65. The number of esters is 1. The van der Waals surface area contributed by atoms with E-state index in [9.17, 15) is 14.4 Å². The van der Waals surface area contributed by atoms with E-state index < -0.39 is 5.97 Å². The van der Waals surface area contributed by atoms with Crippen LogP contribution >= 0.6 is 11.8 Å². The molecule has 1 fully saturated rings. The predicted molar refractivity (Wildman–Crippen MR) is 66.5 cm³/mol. The number of hydrogen-bond donors (Lipinski definition) is 0. The van der Waals surface area contributed by atoms with E-state index in [0.29, 0.717) is 24.5 Å². The van der Waals surface area contributed by atoms with Crippen LogP contribution in [0.4, 0.5) is 0 Å². The first-order valence-corrected chi connectivity index (χ1v) is 6.89. The summed E-state index contributed by atoms with van der Waals surface area (Å²) < 4.78 is 5.76. The van der Waals surface area contributed by atoms with Gasteiger partial charge in [0.2, 0.25) is 17.0 Å². The Kier molecular flexibility index (Phi) is 4.66. The molecule has 2 heterocycles. The van der Waals surface area contributed by atoms with Gasteiger partial charge in [0, 0.05) is 13.0 Å². The zero-order chi connectivity index (χ0) is 14.5. The van der Waals surface area contributed by atoms with Gasteiger partial charge in [0.25, 0.3) is 0 Å². The number of ether oxygens (including phenoxy) is 1. The maximum Gasteiger partial charge on any atom is 0.327 e. The maximum absolute atomic E-state index is 11.9. The summed E-state index contributed by atoms with van der Waals surface area (Å²) in [4.78, 5) is 35.7. The molecule has 1 aliphatic rings. The number of likely N-dealkylation sites (tertiary alicyclic amines) is 1. The molecule has 0 atom stereocenters. The summed E-state index contributed by atoms with van der Waals surface area (Å²) in [5.74, 6) is -0.858. The summed E-state index contributed by atoms with van der Waals surface area (Å²) in [6, 6.07) is 0. The van der Waals surface area contributed by atoms with E-state index >= 15 is 0 Å². The van der Waals surface area contributed by atoms with Gasteiger partial charge in [-0.3, -0.25) is 19.3 Å². The van der Waals surface area contributed by atoms with Crippen molar-refractivity contribution in [1.82, 2.24) is 25.1 Å². The molecule has 1 saturated heterocycles.